The molecule has 0 bridgehead atoms. The summed E-state index contributed by atoms with van der Waals surface area (Å²) in [6.07, 6.45) is 0. The standard InChI is InChI=1S/C11H11NO4S3/c1-12(6-8-2-4-17-7-8)19(15,16)9-3-5-18-10(9)11(13)14/h2-5,7H,6H2,1H3,(H,13,14). The maximum Gasteiger partial charge on any atom is 0.347 e. The van der Waals surface area contributed by atoms with Crippen LogP contribution in [0.15, 0.2) is 33.2 Å². The molecule has 0 amide bonds. The first-order valence-electron chi connectivity index (χ1n) is 5.21. The quantitative estimate of drug-likeness (QED) is 0.918. The van der Waals surface area contributed by atoms with Gasteiger partial charge in [0.25, 0.3) is 0 Å². The number of carboxylic acid groups (broad SMARTS) is 1. The fraction of sp³-hybridized carbons (Fsp3) is 0.182. The minimum atomic E-state index is -3.78. The zero-order valence-electron chi connectivity index (χ0n) is 9.94. The van der Waals surface area contributed by atoms with Crippen LogP contribution in [0, 0.1) is 0 Å². The van der Waals surface area contributed by atoms with E-state index in [1.54, 1.807) is 0 Å². The summed E-state index contributed by atoms with van der Waals surface area (Å²) in [5, 5.41) is 14.2. The van der Waals surface area contributed by atoms with Gasteiger partial charge in [0.15, 0.2) is 0 Å². The number of sulfonamides is 1. The average molecular weight is 317 g/mol. The van der Waals surface area contributed by atoms with Crippen LogP contribution in [-0.2, 0) is 16.6 Å². The van der Waals surface area contributed by atoms with Crippen molar-refractivity contribution in [2.45, 2.75) is 11.4 Å². The lowest BCUT2D eigenvalue weighted by Gasteiger charge is -2.16. The Morgan fingerprint density at radius 2 is 2.11 bits per heavy atom. The minimum absolute atomic E-state index is 0.150. The van der Waals surface area contributed by atoms with Gasteiger partial charge < -0.3 is 5.11 Å². The number of nitrogens with zero attached hydrogens (tertiary/aromatic N) is 1. The molecule has 0 aliphatic rings. The summed E-state index contributed by atoms with van der Waals surface area (Å²) in [5.41, 5.74) is 0.878. The van der Waals surface area contributed by atoms with Crippen molar-refractivity contribution < 1.29 is 18.3 Å². The molecule has 102 valence electrons. The molecule has 0 aliphatic carbocycles. The number of thiophene rings is 2. The van der Waals surface area contributed by atoms with E-state index in [-0.39, 0.29) is 16.3 Å². The van der Waals surface area contributed by atoms with Gasteiger partial charge in [-0.05, 0) is 33.8 Å². The number of hydrogen-bond acceptors (Lipinski definition) is 5. The maximum atomic E-state index is 12.3. The molecule has 19 heavy (non-hydrogen) atoms. The van der Waals surface area contributed by atoms with Crippen LogP contribution in [0.5, 0.6) is 0 Å². The molecule has 2 aromatic heterocycles. The SMILES string of the molecule is CN(Cc1ccsc1)S(=O)(=O)c1ccsc1C(=O)O. The smallest absolute Gasteiger partial charge is 0.347 e. The van der Waals surface area contributed by atoms with Gasteiger partial charge in [-0.1, -0.05) is 0 Å². The monoisotopic (exact) mass is 317 g/mol. The largest absolute Gasteiger partial charge is 0.477 e. The van der Waals surface area contributed by atoms with Gasteiger partial charge in [0.2, 0.25) is 10.0 Å². The molecule has 0 spiro atoms. The van der Waals surface area contributed by atoms with E-state index < -0.39 is 16.0 Å². The lowest BCUT2D eigenvalue weighted by molar-refractivity contribution is 0.0698. The predicted octanol–water partition coefficient (Wildman–Crippen LogP) is 2.33. The van der Waals surface area contributed by atoms with Gasteiger partial charge in [-0.2, -0.15) is 15.6 Å². The molecule has 1 N–H and O–H groups in total. The highest BCUT2D eigenvalue weighted by molar-refractivity contribution is 7.89. The van der Waals surface area contributed by atoms with Crippen LogP contribution < -0.4 is 0 Å². The Morgan fingerprint density at radius 3 is 2.68 bits per heavy atom. The lowest BCUT2D eigenvalue weighted by atomic mass is 10.3. The minimum Gasteiger partial charge on any atom is -0.477 e. The van der Waals surface area contributed by atoms with Gasteiger partial charge in [0, 0.05) is 13.6 Å². The zero-order chi connectivity index (χ0) is 14.0. The highest BCUT2D eigenvalue weighted by Crippen LogP contribution is 2.25. The molecule has 0 unspecified atom stereocenters. The summed E-state index contributed by atoms with van der Waals surface area (Å²) in [6, 6.07) is 3.16. The molecule has 0 saturated heterocycles. The van der Waals surface area contributed by atoms with Crippen molar-refractivity contribution >= 4 is 38.7 Å². The predicted molar refractivity (Wildman–Crippen MR) is 74.3 cm³/mol. The Hall–Kier alpha value is -1.22. The number of aromatic carboxylic acids is 1. The van der Waals surface area contributed by atoms with Crippen LogP contribution in [-0.4, -0.2) is 30.8 Å². The van der Waals surface area contributed by atoms with Gasteiger partial charge in [0.1, 0.15) is 9.77 Å². The summed E-state index contributed by atoms with van der Waals surface area (Å²) < 4.78 is 25.8. The second kappa shape index (κ2) is 5.41. The Labute approximate surface area is 118 Å². The van der Waals surface area contributed by atoms with Crippen LogP contribution in [0.2, 0.25) is 0 Å². The van der Waals surface area contributed by atoms with E-state index in [9.17, 15) is 13.2 Å². The summed E-state index contributed by atoms with van der Waals surface area (Å²) in [4.78, 5) is 10.7. The molecule has 0 radical (unpaired) electrons. The Kier molecular flexibility index (Phi) is 4.04. The van der Waals surface area contributed by atoms with Gasteiger partial charge >= 0.3 is 5.97 Å². The number of carbonyl (C=O) groups is 1. The van der Waals surface area contributed by atoms with Gasteiger partial charge in [-0.15, -0.1) is 11.3 Å². The average Bonchev–Trinajstić information content (AvgIpc) is 2.98. The van der Waals surface area contributed by atoms with E-state index in [1.165, 1.54) is 29.8 Å². The Bertz CT molecular complexity index is 673. The lowest BCUT2D eigenvalue weighted by Crippen LogP contribution is -2.27. The van der Waals surface area contributed by atoms with E-state index in [0.29, 0.717) is 0 Å². The molecule has 2 aromatic rings. The highest BCUT2D eigenvalue weighted by Gasteiger charge is 2.27. The van der Waals surface area contributed by atoms with E-state index in [0.717, 1.165) is 21.2 Å². The van der Waals surface area contributed by atoms with Gasteiger partial charge in [0.05, 0.1) is 0 Å². The molecule has 5 nitrogen and oxygen atoms in total. The summed E-state index contributed by atoms with van der Waals surface area (Å²) in [5.74, 6) is -1.22. The summed E-state index contributed by atoms with van der Waals surface area (Å²) >= 11 is 2.39. The molecular weight excluding hydrogens is 306 g/mol. The van der Waals surface area contributed by atoms with Crippen LogP contribution in [0.4, 0.5) is 0 Å². The Morgan fingerprint density at radius 1 is 1.37 bits per heavy atom. The number of rotatable bonds is 5. The highest BCUT2D eigenvalue weighted by atomic mass is 32.2. The van der Waals surface area contributed by atoms with Crippen LogP contribution in [0.25, 0.3) is 0 Å². The molecule has 0 aliphatic heterocycles. The Balaban J connectivity index is 2.31. The molecule has 0 fully saturated rings. The van der Waals surface area contributed by atoms with Crippen LogP contribution >= 0.6 is 22.7 Å². The first-order chi connectivity index (χ1) is 8.93. The second-order valence-electron chi connectivity index (χ2n) is 3.81. The van der Waals surface area contributed by atoms with E-state index in [2.05, 4.69) is 0 Å². The topological polar surface area (TPSA) is 74.7 Å². The first-order valence-corrected chi connectivity index (χ1v) is 8.47. The zero-order valence-corrected chi connectivity index (χ0v) is 12.4. The molecular formula is C11H11NO4S3. The second-order valence-corrected chi connectivity index (χ2v) is 7.52. The van der Waals surface area contributed by atoms with Crippen molar-refractivity contribution in [1.29, 1.82) is 0 Å². The van der Waals surface area contributed by atoms with Crippen molar-refractivity contribution in [2.24, 2.45) is 0 Å². The van der Waals surface area contributed by atoms with Crippen LogP contribution in [0.1, 0.15) is 15.2 Å². The van der Waals surface area contributed by atoms with E-state index in [4.69, 9.17) is 5.11 Å². The first kappa shape index (κ1) is 14.2. The number of hydrogen-bond donors (Lipinski definition) is 1. The molecule has 8 heteroatoms. The maximum absolute atomic E-state index is 12.3. The third-order valence-electron chi connectivity index (χ3n) is 2.50. The van der Waals surface area contributed by atoms with Gasteiger partial charge in [-0.3, -0.25) is 0 Å². The van der Waals surface area contributed by atoms with Crippen molar-refractivity contribution in [2.75, 3.05) is 7.05 Å². The molecule has 0 atom stereocenters. The summed E-state index contributed by atoms with van der Waals surface area (Å²) in [7, 11) is -2.34. The normalized spacial score (nSPS) is 11.9. The number of carboxylic acids is 1. The van der Waals surface area contributed by atoms with E-state index >= 15 is 0 Å². The van der Waals surface area contributed by atoms with Crippen molar-refractivity contribution in [3.05, 3.63) is 38.7 Å². The molecule has 2 heterocycles. The molecule has 2 rings (SSSR count). The van der Waals surface area contributed by atoms with Crippen molar-refractivity contribution in [1.82, 2.24) is 4.31 Å². The van der Waals surface area contributed by atoms with Crippen molar-refractivity contribution in [3.63, 3.8) is 0 Å². The van der Waals surface area contributed by atoms with Crippen molar-refractivity contribution in [3.8, 4) is 0 Å². The fourth-order valence-corrected chi connectivity index (χ4v) is 4.60. The van der Waals surface area contributed by atoms with Crippen LogP contribution in [0.3, 0.4) is 0 Å². The third kappa shape index (κ3) is 2.86. The molecule has 0 aromatic carbocycles. The third-order valence-corrected chi connectivity index (χ3v) is 6.11. The fourth-order valence-electron chi connectivity index (χ4n) is 1.55. The molecule has 0 saturated carbocycles. The summed E-state index contributed by atoms with van der Waals surface area (Å²) in [6.45, 7) is 0.223. The van der Waals surface area contributed by atoms with Gasteiger partial charge in [-0.25, -0.2) is 13.2 Å². The van der Waals surface area contributed by atoms with E-state index in [1.807, 2.05) is 16.8 Å².